The molecule has 2 heteroatoms. The molecule has 0 aliphatic heterocycles. The molecule has 0 saturated heterocycles. The van der Waals surface area contributed by atoms with E-state index in [4.69, 9.17) is 0 Å². The Hall–Kier alpha value is -3.26. The Morgan fingerprint density at radius 2 is 0.857 bits per heavy atom. The van der Waals surface area contributed by atoms with Gasteiger partial charge in [0.05, 0.1) is 0 Å². The predicted octanol–water partition coefficient (Wildman–Crippen LogP) is 7.58. The molecule has 138 valence electrons. The molecule has 0 aliphatic carbocycles. The van der Waals surface area contributed by atoms with Crippen molar-refractivity contribution in [2.24, 2.45) is 0 Å². The van der Waals surface area contributed by atoms with Crippen LogP contribution >= 0.6 is 0 Å². The van der Waals surface area contributed by atoms with E-state index in [0.29, 0.717) is 11.1 Å². The fourth-order valence-electron chi connectivity index (χ4n) is 3.36. The first-order valence-corrected chi connectivity index (χ1v) is 9.25. The van der Waals surface area contributed by atoms with Crippen LogP contribution in [0.3, 0.4) is 0 Å². The summed E-state index contributed by atoms with van der Waals surface area (Å²) in [6.45, 7) is 3.89. The fourth-order valence-corrected chi connectivity index (χ4v) is 3.36. The largest absolute Gasteiger partial charge is 0.206 e. The number of halogens is 2. The average Bonchev–Trinajstić information content (AvgIpc) is 2.69. The standard InChI is InChI=1S/C26H20F2/c1-17-3-6-19(7-4-17)22-12-14-24(26(28)16-22)21-10-8-20(9-11-21)23-13-5-18(2)15-25(23)27/h3-16H,1-2H3. The van der Waals surface area contributed by atoms with Crippen LogP contribution in [-0.4, -0.2) is 0 Å². The topological polar surface area (TPSA) is 0 Å². The molecule has 0 amide bonds. The molecule has 0 N–H and O–H groups in total. The highest BCUT2D eigenvalue weighted by Crippen LogP contribution is 2.31. The molecule has 4 rings (SSSR count). The first-order valence-electron chi connectivity index (χ1n) is 9.25. The molecule has 0 atom stereocenters. The zero-order chi connectivity index (χ0) is 19.7. The van der Waals surface area contributed by atoms with Crippen molar-refractivity contribution in [3.05, 3.63) is 108 Å². The van der Waals surface area contributed by atoms with E-state index in [-0.39, 0.29) is 11.6 Å². The first kappa shape index (κ1) is 18.1. The maximum atomic E-state index is 14.8. The summed E-state index contributed by atoms with van der Waals surface area (Å²) in [6, 6.07) is 25.8. The summed E-state index contributed by atoms with van der Waals surface area (Å²) in [6.07, 6.45) is 0. The van der Waals surface area contributed by atoms with Gasteiger partial charge in [0.15, 0.2) is 0 Å². The molecule has 0 nitrogen and oxygen atoms in total. The molecule has 4 aromatic carbocycles. The van der Waals surface area contributed by atoms with Gasteiger partial charge in [-0.15, -0.1) is 0 Å². The normalized spacial score (nSPS) is 10.9. The summed E-state index contributed by atoms with van der Waals surface area (Å²) < 4.78 is 29.0. The summed E-state index contributed by atoms with van der Waals surface area (Å²) in [7, 11) is 0. The van der Waals surface area contributed by atoms with Crippen LogP contribution in [0.4, 0.5) is 8.78 Å². The summed E-state index contributed by atoms with van der Waals surface area (Å²) in [4.78, 5) is 0. The molecule has 28 heavy (non-hydrogen) atoms. The van der Waals surface area contributed by atoms with E-state index < -0.39 is 0 Å². The SMILES string of the molecule is Cc1ccc(-c2ccc(-c3ccc(-c4ccc(C)cc4F)cc3)c(F)c2)cc1. The van der Waals surface area contributed by atoms with Crippen molar-refractivity contribution < 1.29 is 8.78 Å². The summed E-state index contributed by atoms with van der Waals surface area (Å²) in [5.41, 5.74) is 6.52. The fraction of sp³-hybridized carbons (Fsp3) is 0.0769. The Morgan fingerprint density at radius 3 is 1.39 bits per heavy atom. The van der Waals surface area contributed by atoms with Crippen LogP contribution in [0.1, 0.15) is 11.1 Å². The van der Waals surface area contributed by atoms with Crippen LogP contribution in [-0.2, 0) is 0 Å². The highest BCUT2D eigenvalue weighted by Gasteiger charge is 2.09. The van der Waals surface area contributed by atoms with Gasteiger partial charge in [-0.1, -0.05) is 78.4 Å². The maximum absolute atomic E-state index is 14.8. The van der Waals surface area contributed by atoms with Gasteiger partial charge in [-0.05, 0) is 53.8 Å². The summed E-state index contributed by atoms with van der Waals surface area (Å²) >= 11 is 0. The van der Waals surface area contributed by atoms with Crippen molar-refractivity contribution >= 4 is 0 Å². The highest BCUT2D eigenvalue weighted by molar-refractivity contribution is 5.74. The van der Waals surface area contributed by atoms with E-state index in [0.717, 1.165) is 27.8 Å². The third kappa shape index (κ3) is 3.59. The lowest BCUT2D eigenvalue weighted by Crippen LogP contribution is -1.89. The molecule has 0 aliphatic rings. The van der Waals surface area contributed by atoms with Gasteiger partial charge < -0.3 is 0 Å². The lowest BCUT2D eigenvalue weighted by Gasteiger charge is -2.09. The Balaban J connectivity index is 1.65. The van der Waals surface area contributed by atoms with Crippen molar-refractivity contribution in [3.8, 4) is 33.4 Å². The minimum absolute atomic E-state index is 0.249. The molecule has 0 unspecified atom stereocenters. The third-order valence-corrected chi connectivity index (χ3v) is 4.99. The van der Waals surface area contributed by atoms with Gasteiger partial charge in [0.2, 0.25) is 0 Å². The quantitative estimate of drug-likeness (QED) is 0.349. The molecule has 0 spiro atoms. The lowest BCUT2D eigenvalue weighted by atomic mass is 9.97. The van der Waals surface area contributed by atoms with E-state index in [2.05, 4.69) is 0 Å². The molecular weight excluding hydrogens is 350 g/mol. The lowest BCUT2D eigenvalue weighted by molar-refractivity contribution is 0.630. The third-order valence-electron chi connectivity index (χ3n) is 4.99. The van der Waals surface area contributed by atoms with Crippen molar-refractivity contribution in [2.45, 2.75) is 13.8 Å². The van der Waals surface area contributed by atoms with Crippen LogP contribution in [0.15, 0.2) is 84.9 Å². The number of hydrogen-bond acceptors (Lipinski definition) is 0. The van der Waals surface area contributed by atoms with Crippen molar-refractivity contribution in [1.29, 1.82) is 0 Å². The molecule has 0 saturated carbocycles. The number of benzene rings is 4. The first-order chi connectivity index (χ1) is 13.5. The molecule has 0 bridgehead atoms. The predicted molar refractivity (Wildman–Crippen MR) is 112 cm³/mol. The van der Waals surface area contributed by atoms with Crippen molar-refractivity contribution in [3.63, 3.8) is 0 Å². The van der Waals surface area contributed by atoms with Gasteiger partial charge >= 0.3 is 0 Å². The molecule has 0 heterocycles. The van der Waals surface area contributed by atoms with Gasteiger partial charge in [0.25, 0.3) is 0 Å². The zero-order valence-corrected chi connectivity index (χ0v) is 15.8. The van der Waals surface area contributed by atoms with E-state index in [1.165, 1.54) is 11.6 Å². The molecule has 0 aromatic heterocycles. The van der Waals surface area contributed by atoms with Gasteiger partial charge in [-0.3, -0.25) is 0 Å². The average molecular weight is 370 g/mol. The summed E-state index contributed by atoms with van der Waals surface area (Å²) in [5, 5.41) is 0. The number of aryl methyl sites for hydroxylation is 2. The summed E-state index contributed by atoms with van der Waals surface area (Å²) in [5.74, 6) is -0.520. The minimum atomic E-state index is -0.271. The second-order valence-electron chi connectivity index (χ2n) is 7.12. The monoisotopic (exact) mass is 370 g/mol. The van der Waals surface area contributed by atoms with Gasteiger partial charge in [-0.2, -0.15) is 0 Å². The van der Waals surface area contributed by atoms with Crippen LogP contribution in [0, 0.1) is 25.5 Å². The zero-order valence-electron chi connectivity index (χ0n) is 15.8. The van der Waals surface area contributed by atoms with Gasteiger partial charge in [0, 0.05) is 11.1 Å². The molecular formula is C26H20F2. The van der Waals surface area contributed by atoms with E-state index in [1.807, 2.05) is 74.5 Å². The molecule has 0 fully saturated rings. The van der Waals surface area contributed by atoms with Crippen LogP contribution in [0.2, 0.25) is 0 Å². The Labute approximate surface area is 164 Å². The maximum Gasteiger partial charge on any atom is 0.131 e. The Kier molecular flexibility index (Phi) is 4.79. The molecule has 4 aromatic rings. The minimum Gasteiger partial charge on any atom is -0.206 e. The van der Waals surface area contributed by atoms with Crippen molar-refractivity contribution in [1.82, 2.24) is 0 Å². The molecule has 0 radical (unpaired) electrons. The van der Waals surface area contributed by atoms with Crippen LogP contribution in [0.25, 0.3) is 33.4 Å². The highest BCUT2D eigenvalue weighted by atomic mass is 19.1. The van der Waals surface area contributed by atoms with Gasteiger partial charge in [-0.25, -0.2) is 8.78 Å². The van der Waals surface area contributed by atoms with Crippen LogP contribution < -0.4 is 0 Å². The Morgan fingerprint density at radius 1 is 0.429 bits per heavy atom. The van der Waals surface area contributed by atoms with Crippen LogP contribution in [0.5, 0.6) is 0 Å². The Bertz CT molecular complexity index is 1120. The second kappa shape index (κ2) is 7.40. The number of rotatable bonds is 3. The smallest absolute Gasteiger partial charge is 0.131 e. The van der Waals surface area contributed by atoms with E-state index in [1.54, 1.807) is 18.2 Å². The second-order valence-corrected chi connectivity index (χ2v) is 7.12. The van der Waals surface area contributed by atoms with E-state index >= 15 is 0 Å². The van der Waals surface area contributed by atoms with E-state index in [9.17, 15) is 8.78 Å². The van der Waals surface area contributed by atoms with Gasteiger partial charge in [0.1, 0.15) is 11.6 Å². The number of hydrogen-bond donors (Lipinski definition) is 0. The van der Waals surface area contributed by atoms with Crippen molar-refractivity contribution in [2.75, 3.05) is 0 Å².